The molecule has 2 rings (SSSR count). The molecule has 2 N–H and O–H groups in total. The lowest BCUT2D eigenvalue weighted by Gasteiger charge is -2.09. The van der Waals surface area contributed by atoms with Gasteiger partial charge in [0.15, 0.2) is 0 Å². The number of hydrogen-bond acceptors (Lipinski definition) is 2. The van der Waals surface area contributed by atoms with E-state index in [9.17, 15) is 13.6 Å². The Bertz CT molecular complexity index is 614. The van der Waals surface area contributed by atoms with Gasteiger partial charge in [-0.15, -0.1) is 0 Å². The van der Waals surface area contributed by atoms with Gasteiger partial charge in [-0.25, -0.2) is 8.78 Å². The van der Waals surface area contributed by atoms with Gasteiger partial charge in [0.25, 0.3) is 0 Å². The second-order valence-corrected chi connectivity index (χ2v) is 4.92. The number of hydrogen-bond donors (Lipinski definition) is 2. The van der Waals surface area contributed by atoms with Crippen molar-refractivity contribution in [3.8, 4) is 0 Å². The van der Waals surface area contributed by atoms with Crippen LogP contribution in [-0.4, -0.2) is 12.5 Å². The first-order chi connectivity index (χ1) is 9.56. The molecule has 2 aromatic rings. The standard InChI is InChI=1S/C14H11BrF2N2O/c15-9-3-1-4-10(7-9)18-8-13(20)19-14-11(16)5-2-6-12(14)17/h1-7,18H,8H2,(H,19,20). The van der Waals surface area contributed by atoms with Crippen LogP contribution >= 0.6 is 15.9 Å². The van der Waals surface area contributed by atoms with E-state index >= 15 is 0 Å². The molecule has 2 aromatic carbocycles. The van der Waals surface area contributed by atoms with Gasteiger partial charge < -0.3 is 10.6 Å². The molecule has 0 saturated heterocycles. The second kappa shape index (κ2) is 6.47. The number of halogens is 3. The minimum Gasteiger partial charge on any atom is -0.376 e. The van der Waals surface area contributed by atoms with Crippen molar-refractivity contribution in [1.29, 1.82) is 0 Å². The molecule has 0 atom stereocenters. The van der Waals surface area contributed by atoms with Gasteiger partial charge in [-0.3, -0.25) is 4.79 Å². The Morgan fingerprint density at radius 2 is 1.75 bits per heavy atom. The average molecular weight is 341 g/mol. The van der Waals surface area contributed by atoms with E-state index in [4.69, 9.17) is 0 Å². The first kappa shape index (κ1) is 14.5. The van der Waals surface area contributed by atoms with Crippen LogP contribution in [0.5, 0.6) is 0 Å². The number of anilines is 2. The summed E-state index contributed by atoms with van der Waals surface area (Å²) in [5.74, 6) is -2.14. The van der Waals surface area contributed by atoms with Crippen molar-refractivity contribution in [3.63, 3.8) is 0 Å². The number of amides is 1. The van der Waals surface area contributed by atoms with Crippen molar-refractivity contribution < 1.29 is 13.6 Å². The summed E-state index contributed by atoms with van der Waals surface area (Å²) >= 11 is 3.30. The third-order valence-electron chi connectivity index (χ3n) is 2.50. The molecule has 0 radical (unpaired) electrons. The van der Waals surface area contributed by atoms with Crippen molar-refractivity contribution in [2.45, 2.75) is 0 Å². The largest absolute Gasteiger partial charge is 0.376 e. The molecule has 0 aromatic heterocycles. The van der Waals surface area contributed by atoms with Crippen molar-refractivity contribution in [2.75, 3.05) is 17.2 Å². The predicted molar refractivity (Wildman–Crippen MR) is 77.6 cm³/mol. The molecule has 104 valence electrons. The van der Waals surface area contributed by atoms with E-state index in [-0.39, 0.29) is 6.54 Å². The summed E-state index contributed by atoms with van der Waals surface area (Å²) in [5, 5.41) is 5.06. The van der Waals surface area contributed by atoms with Gasteiger partial charge in [0.1, 0.15) is 17.3 Å². The molecule has 0 heterocycles. The zero-order valence-corrected chi connectivity index (χ0v) is 11.9. The number of rotatable bonds is 4. The van der Waals surface area contributed by atoms with Crippen molar-refractivity contribution in [1.82, 2.24) is 0 Å². The molecular weight excluding hydrogens is 330 g/mol. The molecule has 0 spiro atoms. The molecule has 3 nitrogen and oxygen atoms in total. The van der Waals surface area contributed by atoms with Crippen LogP contribution in [-0.2, 0) is 4.79 Å². The van der Waals surface area contributed by atoms with Crippen molar-refractivity contribution in [3.05, 3.63) is 58.6 Å². The fourth-order valence-electron chi connectivity index (χ4n) is 1.58. The molecular formula is C14H11BrF2N2O. The summed E-state index contributed by atoms with van der Waals surface area (Å²) in [6.07, 6.45) is 0. The molecule has 6 heteroatoms. The summed E-state index contributed by atoms with van der Waals surface area (Å²) in [6, 6.07) is 10.6. The number of benzene rings is 2. The van der Waals surface area contributed by atoms with Crippen LogP contribution in [0.3, 0.4) is 0 Å². The van der Waals surface area contributed by atoms with E-state index in [1.165, 1.54) is 6.07 Å². The van der Waals surface area contributed by atoms with Crippen LogP contribution in [0, 0.1) is 11.6 Å². The quantitative estimate of drug-likeness (QED) is 0.889. The Morgan fingerprint density at radius 3 is 2.40 bits per heavy atom. The molecule has 20 heavy (non-hydrogen) atoms. The Hall–Kier alpha value is -1.95. The lowest BCUT2D eigenvalue weighted by Crippen LogP contribution is -2.22. The normalized spacial score (nSPS) is 10.2. The Kier molecular flexibility index (Phi) is 4.68. The van der Waals surface area contributed by atoms with Crippen LogP contribution < -0.4 is 10.6 Å². The molecule has 0 fully saturated rings. The fourth-order valence-corrected chi connectivity index (χ4v) is 1.98. The van der Waals surface area contributed by atoms with Crippen molar-refractivity contribution in [2.24, 2.45) is 0 Å². The molecule has 0 bridgehead atoms. The molecule has 0 saturated carbocycles. The van der Waals surface area contributed by atoms with E-state index in [0.29, 0.717) is 0 Å². The maximum Gasteiger partial charge on any atom is 0.243 e. The van der Waals surface area contributed by atoms with Crippen LogP contribution in [0.4, 0.5) is 20.2 Å². The minimum absolute atomic E-state index is 0.0930. The highest BCUT2D eigenvalue weighted by Gasteiger charge is 2.11. The van der Waals surface area contributed by atoms with E-state index in [1.807, 2.05) is 6.07 Å². The summed E-state index contributed by atoms with van der Waals surface area (Å²) in [4.78, 5) is 11.7. The summed E-state index contributed by atoms with van der Waals surface area (Å²) < 4.78 is 27.6. The number of carbonyl (C=O) groups excluding carboxylic acids is 1. The Morgan fingerprint density at radius 1 is 1.10 bits per heavy atom. The van der Waals surface area contributed by atoms with E-state index in [0.717, 1.165) is 22.3 Å². The summed E-state index contributed by atoms with van der Waals surface area (Å²) in [7, 11) is 0. The highest BCUT2D eigenvalue weighted by molar-refractivity contribution is 9.10. The zero-order chi connectivity index (χ0) is 14.5. The minimum atomic E-state index is -0.805. The highest BCUT2D eigenvalue weighted by atomic mass is 79.9. The monoisotopic (exact) mass is 340 g/mol. The Balaban J connectivity index is 1.96. The van der Waals surface area contributed by atoms with Gasteiger partial charge >= 0.3 is 0 Å². The molecule has 0 unspecified atom stereocenters. The SMILES string of the molecule is O=C(CNc1cccc(Br)c1)Nc1c(F)cccc1F. The zero-order valence-electron chi connectivity index (χ0n) is 10.3. The van der Waals surface area contributed by atoms with Gasteiger partial charge in [-0.2, -0.15) is 0 Å². The van der Waals surface area contributed by atoms with Gasteiger partial charge in [0.2, 0.25) is 5.91 Å². The van der Waals surface area contributed by atoms with Crippen LogP contribution in [0.2, 0.25) is 0 Å². The summed E-state index contributed by atoms with van der Waals surface area (Å²) in [5.41, 5.74) is 0.289. The van der Waals surface area contributed by atoms with E-state index < -0.39 is 23.2 Å². The van der Waals surface area contributed by atoms with Gasteiger partial charge in [0, 0.05) is 10.2 Å². The van der Waals surface area contributed by atoms with E-state index in [2.05, 4.69) is 26.6 Å². The second-order valence-electron chi connectivity index (χ2n) is 4.01. The Labute approximate surface area is 123 Å². The van der Waals surface area contributed by atoms with Gasteiger partial charge in [0.05, 0.1) is 6.54 Å². The first-order valence-electron chi connectivity index (χ1n) is 5.79. The maximum atomic E-state index is 13.3. The van der Waals surface area contributed by atoms with Crippen molar-refractivity contribution >= 4 is 33.2 Å². The lowest BCUT2D eigenvalue weighted by atomic mass is 10.3. The topological polar surface area (TPSA) is 41.1 Å². The van der Waals surface area contributed by atoms with Gasteiger partial charge in [-0.1, -0.05) is 28.1 Å². The molecule has 0 aliphatic heterocycles. The van der Waals surface area contributed by atoms with E-state index in [1.54, 1.807) is 18.2 Å². The van der Waals surface area contributed by atoms with Crippen LogP contribution in [0.25, 0.3) is 0 Å². The average Bonchev–Trinajstić information content (AvgIpc) is 2.41. The lowest BCUT2D eigenvalue weighted by molar-refractivity contribution is -0.114. The third-order valence-corrected chi connectivity index (χ3v) is 3.00. The first-order valence-corrected chi connectivity index (χ1v) is 6.59. The smallest absolute Gasteiger partial charge is 0.243 e. The third kappa shape index (κ3) is 3.77. The number of carbonyl (C=O) groups is 1. The van der Waals surface area contributed by atoms with Crippen LogP contribution in [0.1, 0.15) is 0 Å². The number of para-hydroxylation sites is 1. The van der Waals surface area contributed by atoms with Gasteiger partial charge in [-0.05, 0) is 30.3 Å². The molecule has 1 amide bonds. The summed E-state index contributed by atoms with van der Waals surface area (Å²) in [6.45, 7) is -0.0930. The molecule has 0 aliphatic rings. The fraction of sp³-hybridized carbons (Fsp3) is 0.0714. The molecule has 0 aliphatic carbocycles. The van der Waals surface area contributed by atoms with Crippen LogP contribution in [0.15, 0.2) is 46.9 Å². The highest BCUT2D eigenvalue weighted by Crippen LogP contribution is 2.18. The predicted octanol–water partition coefficient (Wildman–Crippen LogP) is 3.78. The number of nitrogens with one attached hydrogen (secondary N) is 2. The maximum absolute atomic E-state index is 13.3.